The minimum atomic E-state index is -0.0255. The molecule has 0 unspecified atom stereocenters. The van der Waals surface area contributed by atoms with E-state index in [1.54, 1.807) is 0 Å². The van der Waals surface area contributed by atoms with Crippen LogP contribution in [0.5, 0.6) is 0 Å². The van der Waals surface area contributed by atoms with Crippen molar-refractivity contribution in [1.82, 2.24) is 10.6 Å². The van der Waals surface area contributed by atoms with Crippen LogP contribution in [0.4, 0.5) is 0 Å². The molecule has 0 aromatic rings. The Bertz CT molecular complexity index is 262. The maximum Gasteiger partial charge on any atom is 0.185 e. The molecule has 0 saturated heterocycles. The fourth-order valence-corrected chi connectivity index (χ4v) is 0.836. The maximum atomic E-state index is 6.90. The number of hydrogen-bond donors (Lipinski definition) is 6. The zero-order valence-corrected chi connectivity index (χ0v) is 8.69. The third kappa shape index (κ3) is 12.1. The highest BCUT2D eigenvalue weighted by Crippen LogP contribution is 1.83. The largest absolute Gasteiger partial charge is 0.370 e. The van der Waals surface area contributed by atoms with Gasteiger partial charge in [-0.15, -0.1) is 11.8 Å². The van der Waals surface area contributed by atoms with Crippen molar-refractivity contribution >= 4 is 11.9 Å². The van der Waals surface area contributed by atoms with E-state index in [4.69, 9.17) is 22.3 Å². The van der Waals surface area contributed by atoms with Crippen LogP contribution >= 0.6 is 0 Å². The zero-order chi connectivity index (χ0) is 11.5. The Labute approximate surface area is 89.8 Å². The molecule has 0 rings (SSSR count). The van der Waals surface area contributed by atoms with Crippen molar-refractivity contribution in [3.63, 3.8) is 0 Å². The average Bonchev–Trinajstić information content (AvgIpc) is 2.14. The highest BCUT2D eigenvalue weighted by molar-refractivity contribution is 5.74. The summed E-state index contributed by atoms with van der Waals surface area (Å²) in [5, 5.41) is 19.1. The molecular formula is C9H18N6. The number of hydrogen-bond acceptors (Lipinski definition) is 2. The van der Waals surface area contributed by atoms with Crippen molar-refractivity contribution in [2.45, 2.75) is 19.3 Å². The topological polar surface area (TPSA) is 124 Å². The molecule has 0 atom stereocenters. The molecule has 0 aromatic carbocycles. The lowest BCUT2D eigenvalue weighted by atomic mass is 10.3. The Morgan fingerprint density at radius 2 is 1.47 bits per heavy atom. The highest BCUT2D eigenvalue weighted by Gasteiger charge is 1.86. The van der Waals surface area contributed by atoms with E-state index in [1.807, 2.05) is 0 Å². The number of rotatable bonds is 5. The van der Waals surface area contributed by atoms with E-state index in [0.29, 0.717) is 19.5 Å². The van der Waals surface area contributed by atoms with E-state index in [1.165, 1.54) is 0 Å². The first-order valence-corrected chi connectivity index (χ1v) is 4.74. The monoisotopic (exact) mass is 210 g/mol. The zero-order valence-electron chi connectivity index (χ0n) is 8.69. The summed E-state index contributed by atoms with van der Waals surface area (Å²) in [5.74, 6) is 5.90. The molecule has 0 aliphatic heterocycles. The molecule has 0 heterocycles. The van der Waals surface area contributed by atoms with Crippen LogP contribution in [0.15, 0.2) is 0 Å². The molecule has 0 saturated carbocycles. The Morgan fingerprint density at radius 1 is 0.933 bits per heavy atom. The summed E-state index contributed by atoms with van der Waals surface area (Å²) in [7, 11) is 0. The van der Waals surface area contributed by atoms with Gasteiger partial charge in [0, 0.05) is 25.9 Å². The Balaban J connectivity index is 3.24. The van der Waals surface area contributed by atoms with Crippen molar-refractivity contribution < 1.29 is 0 Å². The van der Waals surface area contributed by atoms with Crippen molar-refractivity contribution in [3.8, 4) is 11.8 Å². The van der Waals surface area contributed by atoms with E-state index < -0.39 is 0 Å². The van der Waals surface area contributed by atoms with Crippen LogP contribution < -0.4 is 22.1 Å². The summed E-state index contributed by atoms with van der Waals surface area (Å²) in [6, 6.07) is 0. The van der Waals surface area contributed by atoms with Crippen LogP contribution in [0.1, 0.15) is 19.3 Å². The number of nitrogens with two attached hydrogens (primary N) is 2. The van der Waals surface area contributed by atoms with Gasteiger partial charge in [-0.25, -0.2) is 0 Å². The molecule has 8 N–H and O–H groups in total. The van der Waals surface area contributed by atoms with E-state index >= 15 is 0 Å². The Kier molecular flexibility index (Phi) is 7.59. The molecule has 0 aliphatic carbocycles. The first-order valence-electron chi connectivity index (χ1n) is 4.74. The molecule has 0 spiro atoms. The van der Waals surface area contributed by atoms with Crippen molar-refractivity contribution in [2.75, 3.05) is 13.1 Å². The van der Waals surface area contributed by atoms with Crippen molar-refractivity contribution in [1.29, 1.82) is 10.8 Å². The van der Waals surface area contributed by atoms with E-state index in [0.717, 1.165) is 12.8 Å². The van der Waals surface area contributed by atoms with Gasteiger partial charge in [-0.2, -0.15) is 0 Å². The summed E-state index contributed by atoms with van der Waals surface area (Å²) in [6.07, 6.45) is 2.33. The van der Waals surface area contributed by atoms with Crippen LogP contribution in [-0.4, -0.2) is 25.0 Å². The van der Waals surface area contributed by atoms with Gasteiger partial charge >= 0.3 is 0 Å². The fourth-order valence-electron chi connectivity index (χ4n) is 0.836. The summed E-state index contributed by atoms with van der Waals surface area (Å²) >= 11 is 0. The van der Waals surface area contributed by atoms with Gasteiger partial charge in [0.15, 0.2) is 11.9 Å². The molecule has 0 fully saturated rings. The molecule has 0 aliphatic rings. The molecule has 84 valence electrons. The Morgan fingerprint density at radius 3 is 2.07 bits per heavy atom. The molecule has 6 heteroatoms. The normalized spacial score (nSPS) is 8.53. The quantitative estimate of drug-likeness (QED) is 0.153. The maximum absolute atomic E-state index is 6.90. The lowest BCUT2D eigenvalue weighted by molar-refractivity contribution is 0.789. The first kappa shape index (κ1) is 13.1. The summed E-state index contributed by atoms with van der Waals surface area (Å²) in [6.45, 7) is 1.28. The van der Waals surface area contributed by atoms with Gasteiger partial charge in [-0.1, -0.05) is 0 Å². The highest BCUT2D eigenvalue weighted by atomic mass is 15.0. The molecule has 0 aromatic heterocycles. The van der Waals surface area contributed by atoms with E-state index in [-0.39, 0.29) is 11.9 Å². The third-order valence-corrected chi connectivity index (χ3v) is 1.48. The van der Waals surface area contributed by atoms with Crippen molar-refractivity contribution in [2.24, 2.45) is 11.5 Å². The predicted molar refractivity (Wildman–Crippen MR) is 61.5 cm³/mol. The van der Waals surface area contributed by atoms with E-state index in [9.17, 15) is 0 Å². The molecule has 6 nitrogen and oxygen atoms in total. The SMILES string of the molecule is N=C(N)NCCC#CCCCNC(=N)N. The van der Waals surface area contributed by atoms with Gasteiger partial charge in [0.2, 0.25) is 0 Å². The van der Waals surface area contributed by atoms with Gasteiger partial charge in [0.1, 0.15) is 0 Å². The smallest absolute Gasteiger partial charge is 0.185 e. The fraction of sp³-hybridized carbons (Fsp3) is 0.556. The number of unbranched alkanes of at least 4 members (excludes halogenated alkanes) is 1. The summed E-state index contributed by atoms with van der Waals surface area (Å²) in [4.78, 5) is 0. The second-order valence-electron chi connectivity index (χ2n) is 2.89. The molecule has 15 heavy (non-hydrogen) atoms. The average molecular weight is 210 g/mol. The van der Waals surface area contributed by atoms with Gasteiger partial charge in [-0.05, 0) is 6.42 Å². The Hall–Kier alpha value is -1.90. The second-order valence-corrected chi connectivity index (χ2v) is 2.89. The molecule has 0 amide bonds. The number of guanidine groups is 2. The van der Waals surface area contributed by atoms with Crippen LogP contribution in [0.2, 0.25) is 0 Å². The van der Waals surface area contributed by atoms with Gasteiger partial charge < -0.3 is 22.1 Å². The number of nitrogens with one attached hydrogen (secondary N) is 4. The summed E-state index contributed by atoms with van der Waals surface area (Å²) in [5.41, 5.74) is 10.2. The van der Waals surface area contributed by atoms with Crippen LogP contribution in [0.25, 0.3) is 0 Å². The van der Waals surface area contributed by atoms with Gasteiger partial charge in [0.05, 0.1) is 0 Å². The van der Waals surface area contributed by atoms with Crippen LogP contribution in [0.3, 0.4) is 0 Å². The molecule has 0 radical (unpaired) electrons. The predicted octanol–water partition coefficient (Wildman–Crippen LogP) is -0.874. The van der Waals surface area contributed by atoms with Crippen molar-refractivity contribution in [3.05, 3.63) is 0 Å². The van der Waals surface area contributed by atoms with Gasteiger partial charge in [0.25, 0.3) is 0 Å². The third-order valence-electron chi connectivity index (χ3n) is 1.48. The van der Waals surface area contributed by atoms with E-state index in [2.05, 4.69) is 22.5 Å². The minimum absolute atomic E-state index is 0.00591. The summed E-state index contributed by atoms with van der Waals surface area (Å²) < 4.78 is 0. The molecular weight excluding hydrogens is 192 g/mol. The minimum Gasteiger partial charge on any atom is -0.370 e. The second kappa shape index (κ2) is 8.69. The van der Waals surface area contributed by atoms with Crippen LogP contribution in [0, 0.1) is 22.7 Å². The van der Waals surface area contributed by atoms with Crippen LogP contribution in [-0.2, 0) is 0 Å². The lowest BCUT2D eigenvalue weighted by Gasteiger charge is -1.99. The molecule has 0 bridgehead atoms. The lowest BCUT2D eigenvalue weighted by Crippen LogP contribution is -2.30. The standard InChI is InChI=1S/C9H18N6/c10-8(11)14-6-4-2-1-3-5-7-15-9(12)13/h2,4-7H2,(H4,10,11,14)(H4,12,13,15). The van der Waals surface area contributed by atoms with Gasteiger partial charge in [-0.3, -0.25) is 10.8 Å². The first-order chi connectivity index (χ1) is 7.13.